The number of rotatable bonds is 3. The number of carbonyl (C=O) groups is 3. The van der Waals surface area contributed by atoms with Gasteiger partial charge in [-0.1, -0.05) is 0 Å². The second-order valence-electron chi connectivity index (χ2n) is 10.1. The molecule has 3 atom stereocenters. The van der Waals surface area contributed by atoms with E-state index in [9.17, 15) is 39.2 Å². The number of piperidine rings is 1. The summed E-state index contributed by atoms with van der Waals surface area (Å²) >= 11 is 0. The molecule has 1 aromatic rings. The average Bonchev–Trinajstić information content (AvgIpc) is 2.80. The number of aromatic hydroxyl groups is 1. The van der Waals surface area contributed by atoms with Crippen molar-refractivity contribution in [2.75, 3.05) is 13.1 Å². The van der Waals surface area contributed by atoms with Gasteiger partial charge in [0.2, 0.25) is 5.78 Å². The van der Waals surface area contributed by atoms with Crippen LogP contribution in [-0.2, 0) is 27.3 Å². The first-order valence-corrected chi connectivity index (χ1v) is 11.8. The maximum atomic E-state index is 15.6. The first-order chi connectivity index (χ1) is 16.9. The Kier molecular flexibility index (Phi) is 5.68. The number of aliphatic hydroxyl groups excluding tert-OH is 2. The molecule has 36 heavy (non-hydrogen) atoms. The van der Waals surface area contributed by atoms with E-state index in [1.54, 1.807) is 0 Å². The normalized spacial score (nSPS) is 29.2. The first kappa shape index (κ1) is 24.4. The van der Waals surface area contributed by atoms with Crippen molar-refractivity contribution in [3.05, 3.63) is 45.5 Å². The summed E-state index contributed by atoms with van der Waals surface area (Å²) in [6.07, 6.45) is -0.855. The summed E-state index contributed by atoms with van der Waals surface area (Å²) in [5.41, 5.74) is 1.19. The van der Waals surface area contributed by atoms with Crippen molar-refractivity contribution in [3.8, 4) is 5.75 Å². The molecule has 0 bridgehead atoms. The molecule has 4 aliphatic rings. The summed E-state index contributed by atoms with van der Waals surface area (Å²) in [6.45, 7) is 0.999. The number of likely N-dealkylation sites (tertiary alicyclic amines) is 1. The van der Waals surface area contributed by atoms with E-state index in [2.05, 4.69) is 0 Å². The molecule has 0 aromatic heterocycles. The number of phenolic OH excluding ortho intramolecular Hbond substituents is 1. The zero-order valence-electron chi connectivity index (χ0n) is 19.3. The highest BCUT2D eigenvalue weighted by Gasteiger charge is 2.60. The van der Waals surface area contributed by atoms with Gasteiger partial charge in [0, 0.05) is 48.7 Å². The first-order valence-electron chi connectivity index (χ1n) is 11.8. The lowest BCUT2D eigenvalue weighted by Crippen LogP contribution is -2.58. The molecule has 1 heterocycles. The van der Waals surface area contributed by atoms with E-state index in [4.69, 9.17) is 5.73 Å². The third kappa shape index (κ3) is 3.44. The molecule has 192 valence electrons. The van der Waals surface area contributed by atoms with E-state index in [-0.39, 0.29) is 41.6 Å². The molecule has 1 aliphatic heterocycles. The number of hydrogen-bond acceptors (Lipinski definition) is 8. The fraction of sp³-hybridized carbons (Fsp3) is 0.480. The van der Waals surface area contributed by atoms with E-state index >= 15 is 4.39 Å². The van der Waals surface area contributed by atoms with Gasteiger partial charge >= 0.3 is 0 Å². The number of halogens is 2. The maximum absolute atomic E-state index is 15.6. The van der Waals surface area contributed by atoms with Crippen LogP contribution in [0.1, 0.15) is 42.4 Å². The van der Waals surface area contributed by atoms with Crippen LogP contribution in [0.5, 0.6) is 5.75 Å². The number of aliphatic hydroxyl groups is 3. The third-order valence-corrected chi connectivity index (χ3v) is 7.98. The van der Waals surface area contributed by atoms with Crippen LogP contribution in [0.15, 0.2) is 23.0 Å². The van der Waals surface area contributed by atoms with Gasteiger partial charge in [0.25, 0.3) is 5.91 Å². The molecule has 1 saturated carbocycles. The number of primary amides is 1. The van der Waals surface area contributed by atoms with Gasteiger partial charge in [-0.05, 0) is 37.7 Å². The SMILES string of the molecule is NC(=O)C1=C(O)[C@@]2(O)C(=O)C3=C(O)c4c(O)cc(CN5CCC(F)CC5)c(F)c4CC3C[C@H]2CC1=O. The van der Waals surface area contributed by atoms with Gasteiger partial charge in [-0.2, -0.15) is 0 Å². The Morgan fingerprint density at radius 2 is 1.83 bits per heavy atom. The minimum absolute atomic E-state index is 0.00501. The van der Waals surface area contributed by atoms with Gasteiger partial charge in [-0.15, -0.1) is 0 Å². The number of nitrogens with zero attached hydrogens (tertiary/aromatic N) is 1. The van der Waals surface area contributed by atoms with E-state index in [1.807, 2.05) is 4.90 Å². The molecule has 1 aromatic carbocycles. The number of Topliss-reactive ketones (excluding diaryl/α,β-unsaturated/α-hetero) is 2. The summed E-state index contributed by atoms with van der Waals surface area (Å²) in [4.78, 5) is 39.4. The number of phenols is 1. The van der Waals surface area contributed by atoms with Crippen LogP contribution >= 0.6 is 0 Å². The fourth-order valence-electron chi connectivity index (χ4n) is 6.14. The zero-order chi connectivity index (χ0) is 26.1. The number of ketones is 2. The topological polar surface area (TPSA) is 161 Å². The van der Waals surface area contributed by atoms with Gasteiger partial charge in [0.1, 0.15) is 34.8 Å². The Labute approximate surface area is 204 Å². The molecule has 3 aliphatic carbocycles. The molecule has 5 rings (SSSR count). The Hall–Kier alpha value is -3.31. The van der Waals surface area contributed by atoms with Crippen LogP contribution in [0, 0.1) is 17.7 Å². The van der Waals surface area contributed by atoms with Crippen LogP contribution in [0.25, 0.3) is 5.76 Å². The second-order valence-corrected chi connectivity index (χ2v) is 10.1. The van der Waals surface area contributed by atoms with Gasteiger partial charge in [-0.3, -0.25) is 19.3 Å². The maximum Gasteiger partial charge on any atom is 0.255 e. The van der Waals surface area contributed by atoms with Crippen molar-refractivity contribution in [1.29, 1.82) is 0 Å². The number of carbonyl (C=O) groups excluding carboxylic acids is 3. The second kappa shape index (κ2) is 8.38. The summed E-state index contributed by atoms with van der Waals surface area (Å²) in [6, 6.07) is 1.15. The summed E-state index contributed by atoms with van der Waals surface area (Å²) in [5, 5.41) is 43.5. The number of alkyl halides is 1. The lowest BCUT2D eigenvalue weighted by molar-refractivity contribution is -0.147. The van der Waals surface area contributed by atoms with Crippen LogP contribution in [0.4, 0.5) is 8.78 Å². The lowest BCUT2D eigenvalue weighted by Gasteiger charge is -2.46. The molecule has 2 fully saturated rings. The molecule has 1 amide bonds. The number of benzene rings is 1. The highest BCUT2D eigenvalue weighted by molar-refractivity contribution is 6.22. The standard InChI is InChI=1S/C25H26F2N2O7/c26-13-1-3-29(4-2-13)9-11-7-15(30)18-14(20(11)27)6-10-5-12-8-16(31)19(24(28)35)23(34)25(12,36)22(33)17(10)21(18)32/h7,10,12-13,30,32,34,36H,1-6,8-9H2,(H2,28,35)/t10?,12-,25-/m0/s1. The van der Waals surface area contributed by atoms with Crippen LogP contribution < -0.4 is 5.73 Å². The highest BCUT2D eigenvalue weighted by Crippen LogP contribution is 2.52. The van der Waals surface area contributed by atoms with Crippen LogP contribution in [0.2, 0.25) is 0 Å². The fourth-order valence-corrected chi connectivity index (χ4v) is 6.14. The van der Waals surface area contributed by atoms with Gasteiger partial charge in [0.05, 0.1) is 5.56 Å². The van der Waals surface area contributed by atoms with E-state index < -0.39 is 76.2 Å². The molecule has 0 spiro atoms. The molecule has 0 radical (unpaired) electrons. The number of nitrogens with two attached hydrogens (primary N) is 1. The number of hydrogen-bond donors (Lipinski definition) is 5. The Balaban J connectivity index is 1.57. The molecule has 1 saturated heterocycles. The largest absolute Gasteiger partial charge is 0.508 e. The van der Waals surface area contributed by atoms with Crippen molar-refractivity contribution < 1.29 is 43.6 Å². The molecular formula is C25H26F2N2O7. The Morgan fingerprint density at radius 1 is 1.17 bits per heavy atom. The third-order valence-electron chi connectivity index (χ3n) is 7.98. The highest BCUT2D eigenvalue weighted by atomic mass is 19.1. The zero-order valence-corrected chi connectivity index (χ0v) is 19.3. The van der Waals surface area contributed by atoms with Crippen LogP contribution in [-0.4, -0.2) is 67.7 Å². The molecule has 11 heteroatoms. The number of fused-ring (bicyclic) bond motifs is 3. The summed E-state index contributed by atoms with van der Waals surface area (Å²) in [5.74, 6) is -8.20. The quantitative estimate of drug-likeness (QED) is 0.387. The lowest BCUT2D eigenvalue weighted by atomic mass is 9.59. The molecule has 9 nitrogen and oxygen atoms in total. The van der Waals surface area contributed by atoms with Crippen molar-refractivity contribution in [1.82, 2.24) is 4.90 Å². The van der Waals surface area contributed by atoms with Gasteiger partial charge in [0.15, 0.2) is 11.4 Å². The minimum Gasteiger partial charge on any atom is -0.508 e. The van der Waals surface area contributed by atoms with Crippen molar-refractivity contribution in [2.45, 2.75) is 50.4 Å². The predicted octanol–water partition coefficient (Wildman–Crippen LogP) is 1.50. The monoisotopic (exact) mass is 504 g/mol. The molecule has 6 N–H and O–H groups in total. The van der Waals surface area contributed by atoms with E-state index in [0.717, 1.165) is 6.07 Å². The predicted molar refractivity (Wildman–Crippen MR) is 121 cm³/mol. The number of amides is 1. The van der Waals surface area contributed by atoms with E-state index in [1.165, 1.54) is 0 Å². The van der Waals surface area contributed by atoms with Crippen molar-refractivity contribution in [3.63, 3.8) is 0 Å². The Bertz CT molecular complexity index is 1270. The van der Waals surface area contributed by atoms with Crippen molar-refractivity contribution in [2.24, 2.45) is 17.6 Å². The van der Waals surface area contributed by atoms with Gasteiger partial charge < -0.3 is 26.2 Å². The molecular weight excluding hydrogens is 478 g/mol. The average molecular weight is 504 g/mol. The minimum atomic E-state index is -2.66. The smallest absolute Gasteiger partial charge is 0.255 e. The Morgan fingerprint density at radius 3 is 2.47 bits per heavy atom. The van der Waals surface area contributed by atoms with Gasteiger partial charge in [-0.25, -0.2) is 8.78 Å². The van der Waals surface area contributed by atoms with E-state index in [0.29, 0.717) is 25.9 Å². The summed E-state index contributed by atoms with van der Waals surface area (Å²) < 4.78 is 29.1. The van der Waals surface area contributed by atoms with Crippen molar-refractivity contribution >= 4 is 23.2 Å². The molecule has 1 unspecified atom stereocenters. The summed E-state index contributed by atoms with van der Waals surface area (Å²) in [7, 11) is 0. The van der Waals surface area contributed by atoms with Crippen LogP contribution in [0.3, 0.4) is 0 Å².